The van der Waals surface area contributed by atoms with E-state index in [1.807, 2.05) is 0 Å². The minimum atomic E-state index is -4.15. The lowest BCUT2D eigenvalue weighted by molar-refractivity contribution is -0.0899. The predicted octanol–water partition coefficient (Wildman–Crippen LogP) is 7.57. The van der Waals surface area contributed by atoms with E-state index in [9.17, 15) is 90.0 Å². The van der Waals surface area contributed by atoms with Crippen LogP contribution in [0.2, 0.25) is 0 Å². The zero-order chi connectivity index (χ0) is 93.4. The van der Waals surface area contributed by atoms with Gasteiger partial charge in [-0.1, -0.05) is 0 Å². The smallest absolute Gasteiger partial charge is 0.356 e. The third kappa shape index (κ3) is 22.0. The summed E-state index contributed by atoms with van der Waals surface area (Å²) in [7, 11) is -16.2. The van der Waals surface area contributed by atoms with E-state index < -0.39 is 104 Å². The fraction of sp³-hybridized carbons (Fsp3) is 0.268. The second-order valence-corrected chi connectivity index (χ2v) is 37.6. The Kier molecular flexibility index (Phi) is 32.7. The van der Waals surface area contributed by atoms with Crippen LogP contribution in [0.3, 0.4) is 0 Å². The summed E-state index contributed by atoms with van der Waals surface area (Å²) < 4.78 is 172. The highest BCUT2D eigenvalue weighted by Gasteiger charge is 2.37. The molecule has 10 N–H and O–H groups in total. The van der Waals surface area contributed by atoms with Crippen molar-refractivity contribution in [1.82, 2.24) is 25.2 Å². The topological polar surface area (TPSA) is 572 Å². The Labute approximate surface area is 768 Å². The van der Waals surface area contributed by atoms with Crippen LogP contribution in [0.15, 0.2) is 177 Å². The standard InChI is InChI=1S/C19H21N3O6S.C16H18N2O6S.2C14H12N2O5S.C13H10N2O5S.C6H13NO2.ClH.HI/c1-12-8-16-19(24)21-15-9-13(2-3-17(15)29(25,26)22(16)10-12)18(23)20-5-4-14-11-27-6-7-28-14;1-4-24-16(20)13-7-10(2)9-18(13)25(21,22)14-6-5-11(8-12(14)17)15(19)23-3;2*1-8-5-11-13(17)15-10-6-9(14(18)21-2)3-4-12(10)22(19,20)16(11)7-8;1-7-4-10-12(16)14-9-5-8(13(17)18)2-3-11(9)21(19,20)15(10)6-7;7-2-1-6-5-8-3-4-9-6;;/h2-3,8-10,14H,4-7,11H2,1H3,(H,20,23)(H,21,24);5-9H,4,17H2,1-3H3;2*3-7H,1-2H3,(H,15,17);2-6H,1H3,(H,14,16)(H,17,18);6H,1-5,7H2;2*1H/t14-;;;;;6-;;/m0....0../s1. The summed E-state index contributed by atoms with van der Waals surface area (Å²) in [5.41, 5.74) is 14.8. The summed E-state index contributed by atoms with van der Waals surface area (Å²) in [6, 6.07) is 26.5. The first kappa shape index (κ1) is 101. The number of aromatic carboxylic acids is 1. The molecule has 130 heavy (non-hydrogen) atoms. The number of nitrogens with one attached hydrogen (secondary N) is 5. The van der Waals surface area contributed by atoms with E-state index in [1.165, 1.54) is 168 Å². The fourth-order valence-corrected chi connectivity index (χ4v) is 21.0. The number of aryl methyl sites for hydroxylation is 5. The highest BCUT2D eigenvalue weighted by Crippen LogP contribution is 2.36. The quantitative estimate of drug-likeness (QED) is 0.0225. The number of methoxy groups -OCH3 is 3. The van der Waals surface area contributed by atoms with Crippen LogP contribution in [0.4, 0.5) is 28.4 Å². The zero-order valence-corrected chi connectivity index (χ0v) is 77.7. The van der Waals surface area contributed by atoms with Gasteiger partial charge in [-0.3, -0.25) is 24.0 Å². The van der Waals surface area contributed by atoms with Gasteiger partial charge < -0.3 is 81.1 Å². The second kappa shape index (κ2) is 42.0. The van der Waals surface area contributed by atoms with E-state index in [4.69, 9.17) is 40.3 Å². The third-order valence-corrected chi connectivity index (χ3v) is 28.1. The zero-order valence-electron chi connectivity index (χ0n) is 70.5. The molecule has 6 aliphatic rings. The molecule has 2 fully saturated rings. The van der Waals surface area contributed by atoms with Crippen LogP contribution in [-0.2, 0) is 88.0 Å². The molecule has 0 radical (unpaired) electrons. The van der Waals surface area contributed by atoms with Crippen molar-refractivity contribution in [2.24, 2.45) is 5.73 Å². The van der Waals surface area contributed by atoms with Crippen LogP contribution in [-0.4, -0.2) is 219 Å². The van der Waals surface area contributed by atoms with E-state index in [-0.39, 0.29) is 170 Å². The summed E-state index contributed by atoms with van der Waals surface area (Å²) in [5.74, 6) is -6.47. The number of halogens is 2. The molecule has 0 saturated carbocycles. The number of anilines is 5. The Morgan fingerprint density at radius 3 is 1.14 bits per heavy atom. The Morgan fingerprint density at radius 1 is 0.469 bits per heavy atom. The van der Waals surface area contributed by atoms with Gasteiger partial charge in [0.05, 0.1) is 130 Å². The number of aromatic nitrogens is 5. The fourth-order valence-electron chi connectivity index (χ4n) is 13.4. The van der Waals surface area contributed by atoms with Gasteiger partial charge in [-0.2, -0.15) is 0 Å². The first-order valence-corrected chi connectivity index (χ1v) is 45.7. The number of carboxylic acid groups (broad SMARTS) is 1. The van der Waals surface area contributed by atoms with Crippen molar-refractivity contribution in [3.8, 4) is 0 Å². The monoisotopic (exact) mass is 2030 g/mol. The first-order chi connectivity index (χ1) is 60.5. The molecule has 5 aromatic heterocycles. The van der Waals surface area contributed by atoms with E-state index >= 15 is 0 Å². The van der Waals surface area contributed by atoms with Gasteiger partial charge in [0.2, 0.25) is 0 Å². The number of carboxylic acids is 1. The summed E-state index contributed by atoms with van der Waals surface area (Å²) >= 11 is 0. The second-order valence-electron chi connectivity index (χ2n) is 28.7. The number of hydrogen-bond acceptors (Lipinski definition) is 30. The molecule has 694 valence electrons. The van der Waals surface area contributed by atoms with Crippen molar-refractivity contribution in [3.63, 3.8) is 0 Å². The summed E-state index contributed by atoms with van der Waals surface area (Å²) in [6.45, 7) is 15.1. The van der Waals surface area contributed by atoms with Crippen molar-refractivity contribution in [2.75, 3.05) is 108 Å². The predicted molar refractivity (Wildman–Crippen MR) is 479 cm³/mol. The van der Waals surface area contributed by atoms with Crippen molar-refractivity contribution in [1.29, 1.82) is 0 Å². The molecule has 11 heterocycles. The average Bonchev–Trinajstić information content (AvgIpc) is 1.60. The molecular formula is C82H88ClIN12O29S5. The Hall–Kier alpha value is -12.4. The van der Waals surface area contributed by atoms with Crippen LogP contribution in [0, 0.1) is 34.6 Å². The number of nitrogens with zero attached hydrogens (tertiary/aromatic N) is 5. The van der Waals surface area contributed by atoms with Gasteiger partial charge in [0.15, 0.2) is 0 Å². The molecule has 6 aliphatic heterocycles. The summed E-state index contributed by atoms with van der Waals surface area (Å²) in [4.78, 5) is 118. The van der Waals surface area contributed by atoms with Crippen molar-refractivity contribution in [2.45, 2.75) is 91.1 Å². The van der Waals surface area contributed by atoms with Gasteiger partial charge in [-0.15, -0.1) is 36.4 Å². The van der Waals surface area contributed by atoms with Crippen LogP contribution in [0.1, 0.15) is 152 Å². The number of hydrogen-bond donors (Lipinski definition) is 8. The number of carbonyl (C=O) groups is 10. The van der Waals surface area contributed by atoms with Gasteiger partial charge >= 0.3 is 29.8 Å². The Bertz CT molecular complexity index is 6590. The van der Waals surface area contributed by atoms with E-state index in [0.717, 1.165) is 52.2 Å². The molecule has 0 spiro atoms. The number of rotatable bonds is 14. The lowest BCUT2D eigenvalue weighted by Crippen LogP contribution is -2.33. The van der Waals surface area contributed by atoms with Crippen LogP contribution >= 0.6 is 36.4 Å². The molecule has 10 aromatic rings. The summed E-state index contributed by atoms with van der Waals surface area (Å²) in [6.07, 6.45) is 8.54. The molecule has 0 unspecified atom stereocenters. The minimum absolute atomic E-state index is 0. The summed E-state index contributed by atoms with van der Waals surface area (Å²) in [5, 5.41) is 21.8. The maximum Gasteiger partial charge on any atom is 0.356 e. The van der Waals surface area contributed by atoms with E-state index in [1.54, 1.807) is 41.5 Å². The van der Waals surface area contributed by atoms with E-state index in [0.29, 0.717) is 67.1 Å². The number of nitrogen functional groups attached to an aromatic ring is 1. The lowest BCUT2D eigenvalue weighted by Gasteiger charge is -2.22. The number of amides is 5. The van der Waals surface area contributed by atoms with Gasteiger partial charge in [0.1, 0.15) is 52.9 Å². The number of nitrogens with two attached hydrogens (primary N) is 2. The van der Waals surface area contributed by atoms with Crippen molar-refractivity contribution >= 4 is 174 Å². The third-order valence-electron chi connectivity index (χ3n) is 19.4. The van der Waals surface area contributed by atoms with Crippen molar-refractivity contribution in [3.05, 3.63) is 236 Å². The normalized spacial score (nSPS) is 16.3. The molecular weight excluding hydrogens is 1940 g/mol. The van der Waals surface area contributed by atoms with Gasteiger partial charge in [-0.05, 0) is 210 Å². The number of carbonyl (C=O) groups excluding carboxylic acids is 9. The number of esters is 4. The van der Waals surface area contributed by atoms with Gasteiger partial charge in [0, 0.05) is 43.1 Å². The largest absolute Gasteiger partial charge is 0.478 e. The SMILES string of the molecule is CCOC(=O)c1cc(C)cn1S(=O)(=O)c1ccc(C(=O)OC)cc1N.COC(=O)c1ccc2c(c1)NC(=O)c1cc(C)cn1S2(=O)=O.COC(=O)c1ccc2c(c1)NC(=O)c1cc(C)cn1S2(=O)=O.Cc1cc2n(c1)S(=O)(=O)c1ccc(C(=O)NCC[C@H]3COCCO3)cc1NC2=O.Cc1cc2n(c1)S(=O)(=O)c1ccc(C(=O)O)cc1NC2=O.Cl.I.NCC[C@H]1COCCO1. The molecule has 16 rings (SSSR count). The van der Waals surface area contributed by atoms with Gasteiger partial charge in [0.25, 0.3) is 79.7 Å². The van der Waals surface area contributed by atoms with Crippen LogP contribution in [0.5, 0.6) is 0 Å². The highest BCUT2D eigenvalue weighted by molar-refractivity contribution is 14.0. The molecule has 0 bridgehead atoms. The molecule has 5 amide bonds. The van der Waals surface area contributed by atoms with Crippen molar-refractivity contribution < 1.29 is 133 Å². The first-order valence-electron chi connectivity index (χ1n) is 38.5. The lowest BCUT2D eigenvalue weighted by atomic mass is 10.1. The van der Waals surface area contributed by atoms with E-state index in [2.05, 4.69) is 40.8 Å². The number of fused-ring (bicyclic) bond motifs is 8. The molecule has 48 heteroatoms. The molecule has 5 aromatic carbocycles. The molecule has 41 nitrogen and oxygen atoms in total. The molecule has 2 atom stereocenters. The Morgan fingerprint density at radius 2 is 0.800 bits per heavy atom. The number of ether oxygens (including phenoxy) is 8. The van der Waals surface area contributed by atoms with Crippen LogP contribution < -0.4 is 38.1 Å². The maximum atomic E-state index is 12.9. The molecule has 0 aliphatic carbocycles. The highest BCUT2D eigenvalue weighted by atomic mass is 127. The van der Waals surface area contributed by atoms with Gasteiger partial charge in [-0.25, -0.2) is 85.9 Å². The minimum Gasteiger partial charge on any atom is -0.478 e. The Balaban J connectivity index is 0.000000179. The average molecular weight is 2030 g/mol. The number of benzene rings is 5. The molecule has 2 saturated heterocycles. The van der Waals surface area contributed by atoms with Crippen LogP contribution in [0.25, 0.3) is 0 Å². The maximum absolute atomic E-state index is 12.9.